The number of nitrogens with zero attached hydrogens (tertiary/aromatic N) is 3. The average molecular weight is 205 g/mol. The summed E-state index contributed by atoms with van der Waals surface area (Å²) >= 11 is 0. The maximum atomic E-state index is 10.7. The van der Waals surface area contributed by atoms with Crippen LogP contribution in [-0.4, -0.2) is 26.1 Å². The SMILES string of the molecule is C[C@@H](Cn1nnc2ccccc21)C(=O)O. The predicted octanol–water partition coefficient (Wildman–Crippen LogP) is 1.15. The first-order chi connectivity index (χ1) is 7.18. The van der Waals surface area contributed by atoms with Gasteiger partial charge in [0.2, 0.25) is 0 Å². The van der Waals surface area contributed by atoms with Crippen molar-refractivity contribution in [2.45, 2.75) is 13.5 Å². The Hall–Kier alpha value is -1.91. The van der Waals surface area contributed by atoms with Crippen molar-refractivity contribution in [1.82, 2.24) is 15.0 Å². The largest absolute Gasteiger partial charge is 0.481 e. The Morgan fingerprint density at radius 3 is 3.00 bits per heavy atom. The molecule has 0 aliphatic carbocycles. The maximum Gasteiger partial charge on any atom is 0.308 e. The van der Waals surface area contributed by atoms with E-state index >= 15 is 0 Å². The van der Waals surface area contributed by atoms with Crippen LogP contribution in [0.1, 0.15) is 6.92 Å². The third kappa shape index (κ3) is 1.81. The minimum Gasteiger partial charge on any atom is -0.481 e. The molecule has 2 aromatic rings. The highest BCUT2D eigenvalue weighted by Gasteiger charge is 2.13. The van der Waals surface area contributed by atoms with Gasteiger partial charge in [0.15, 0.2) is 0 Å². The van der Waals surface area contributed by atoms with Gasteiger partial charge in [0.1, 0.15) is 5.52 Å². The van der Waals surface area contributed by atoms with E-state index in [0.29, 0.717) is 6.54 Å². The van der Waals surface area contributed by atoms with E-state index in [2.05, 4.69) is 10.3 Å². The molecule has 5 nitrogen and oxygen atoms in total. The van der Waals surface area contributed by atoms with E-state index in [0.717, 1.165) is 11.0 Å². The van der Waals surface area contributed by atoms with Crippen LogP contribution in [0.5, 0.6) is 0 Å². The number of aromatic nitrogens is 3. The van der Waals surface area contributed by atoms with Crippen molar-refractivity contribution in [3.05, 3.63) is 24.3 Å². The molecule has 0 unspecified atom stereocenters. The summed E-state index contributed by atoms with van der Waals surface area (Å²) in [6.45, 7) is 1.99. The van der Waals surface area contributed by atoms with Crippen molar-refractivity contribution >= 4 is 17.0 Å². The topological polar surface area (TPSA) is 68.0 Å². The van der Waals surface area contributed by atoms with Crippen LogP contribution in [0, 0.1) is 5.92 Å². The van der Waals surface area contributed by atoms with E-state index < -0.39 is 11.9 Å². The van der Waals surface area contributed by atoms with Crippen LogP contribution in [0.3, 0.4) is 0 Å². The Bertz CT molecular complexity index is 492. The van der Waals surface area contributed by atoms with E-state index in [4.69, 9.17) is 5.11 Å². The van der Waals surface area contributed by atoms with Crippen molar-refractivity contribution < 1.29 is 9.90 Å². The molecule has 0 bridgehead atoms. The van der Waals surface area contributed by atoms with Gasteiger partial charge in [-0.3, -0.25) is 4.79 Å². The first kappa shape index (κ1) is 9.64. The third-order valence-corrected chi connectivity index (χ3v) is 2.29. The van der Waals surface area contributed by atoms with E-state index in [1.807, 2.05) is 24.3 Å². The highest BCUT2D eigenvalue weighted by Crippen LogP contribution is 2.11. The molecule has 0 spiro atoms. The zero-order valence-corrected chi connectivity index (χ0v) is 8.29. The molecule has 1 heterocycles. The Morgan fingerprint density at radius 2 is 2.27 bits per heavy atom. The van der Waals surface area contributed by atoms with Crippen LogP contribution >= 0.6 is 0 Å². The second-order valence-corrected chi connectivity index (χ2v) is 3.50. The van der Waals surface area contributed by atoms with Gasteiger partial charge in [-0.2, -0.15) is 0 Å². The highest BCUT2D eigenvalue weighted by molar-refractivity contribution is 5.74. The summed E-state index contributed by atoms with van der Waals surface area (Å²) in [6.07, 6.45) is 0. The molecule has 0 radical (unpaired) electrons. The zero-order valence-electron chi connectivity index (χ0n) is 8.29. The van der Waals surface area contributed by atoms with Crippen molar-refractivity contribution in [2.75, 3.05) is 0 Å². The van der Waals surface area contributed by atoms with Crippen LogP contribution in [0.4, 0.5) is 0 Å². The van der Waals surface area contributed by atoms with E-state index in [9.17, 15) is 4.79 Å². The zero-order chi connectivity index (χ0) is 10.8. The molecule has 1 atom stereocenters. The number of rotatable bonds is 3. The lowest BCUT2D eigenvalue weighted by Gasteiger charge is -2.05. The quantitative estimate of drug-likeness (QED) is 0.816. The number of benzene rings is 1. The minimum absolute atomic E-state index is 0.343. The molecule has 2 rings (SSSR count). The van der Waals surface area contributed by atoms with Gasteiger partial charge in [-0.15, -0.1) is 5.10 Å². The van der Waals surface area contributed by atoms with Gasteiger partial charge in [-0.25, -0.2) is 4.68 Å². The molecular weight excluding hydrogens is 194 g/mol. The molecule has 1 N–H and O–H groups in total. The van der Waals surface area contributed by atoms with Crippen LogP contribution in [0.15, 0.2) is 24.3 Å². The molecule has 1 aromatic heterocycles. The van der Waals surface area contributed by atoms with Gasteiger partial charge in [0.05, 0.1) is 18.0 Å². The lowest BCUT2D eigenvalue weighted by atomic mass is 10.2. The predicted molar refractivity (Wildman–Crippen MR) is 54.3 cm³/mol. The lowest BCUT2D eigenvalue weighted by molar-refractivity contribution is -0.141. The van der Waals surface area contributed by atoms with Crippen LogP contribution < -0.4 is 0 Å². The average Bonchev–Trinajstić information content (AvgIpc) is 2.62. The molecule has 0 fully saturated rings. The number of hydrogen-bond donors (Lipinski definition) is 1. The van der Waals surface area contributed by atoms with Crippen molar-refractivity contribution in [1.29, 1.82) is 0 Å². The smallest absolute Gasteiger partial charge is 0.308 e. The molecule has 78 valence electrons. The van der Waals surface area contributed by atoms with Crippen LogP contribution in [-0.2, 0) is 11.3 Å². The number of aliphatic carboxylic acids is 1. The second kappa shape index (κ2) is 3.68. The monoisotopic (exact) mass is 205 g/mol. The molecule has 0 aliphatic rings. The molecule has 0 saturated heterocycles. The van der Waals surface area contributed by atoms with Crippen LogP contribution in [0.25, 0.3) is 11.0 Å². The number of carbonyl (C=O) groups is 1. The Labute approximate surface area is 86.3 Å². The molecular formula is C10H11N3O2. The number of carboxylic acids is 1. The maximum absolute atomic E-state index is 10.7. The second-order valence-electron chi connectivity index (χ2n) is 3.50. The van der Waals surface area contributed by atoms with Crippen molar-refractivity contribution in [2.24, 2.45) is 5.92 Å². The third-order valence-electron chi connectivity index (χ3n) is 2.29. The van der Waals surface area contributed by atoms with Crippen LogP contribution in [0.2, 0.25) is 0 Å². The normalized spacial score (nSPS) is 12.9. The minimum atomic E-state index is -0.824. The molecule has 0 aliphatic heterocycles. The van der Waals surface area contributed by atoms with Gasteiger partial charge < -0.3 is 5.11 Å². The Morgan fingerprint density at radius 1 is 1.53 bits per heavy atom. The van der Waals surface area contributed by atoms with E-state index in [1.165, 1.54) is 0 Å². The molecule has 5 heteroatoms. The van der Waals surface area contributed by atoms with Gasteiger partial charge in [0.25, 0.3) is 0 Å². The standard InChI is InChI=1S/C10H11N3O2/c1-7(10(14)15)6-13-9-5-3-2-4-8(9)11-12-13/h2-5,7H,6H2,1H3,(H,14,15)/t7-/m0/s1. The number of hydrogen-bond acceptors (Lipinski definition) is 3. The summed E-state index contributed by atoms with van der Waals surface area (Å²) in [7, 11) is 0. The van der Waals surface area contributed by atoms with Gasteiger partial charge in [-0.1, -0.05) is 24.3 Å². The summed E-state index contributed by atoms with van der Waals surface area (Å²) in [6, 6.07) is 7.49. The lowest BCUT2D eigenvalue weighted by Crippen LogP contribution is -2.17. The Balaban J connectivity index is 2.32. The summed E-state index contributed by atoms with van der Waals surface area (Å²) in [5, 5.41) is 16.7. The number of carboxylic acid groups (broad SMARTS) is 1. The van der Waals surface area contributed by atoms with Crippen molar-refractivity contribution in [3.8, 4) is 0 Å². The summed E-state index contributed by atoms with van der Waals surface area (Å²) in [4.78, 5) is 10.7. The van der Waals surface area contributed by atoms with Gasteiger partial charge in [0, 0.05) is 0 Å². The highest BCUT2D eigenvalue weighted by atomic mass is 16.4. The Kier molecular flexibility index (Phi) is 2.37. The molecule has 0 saturated carbocycles. The van der Waals surface area contributed by atoms with Gasteiger partial charge >= 0.3 is 5.97 Å². The first-order valence-electron chi connectivity index (χ1n) is 4.69. The van der Waals surface area contributed by atoms with E-state index in [-0.39, 0.29) is 0 Å². The summed E-state index contributed by atoms with van der Waals surface area (Å²) in [5.74, 6) is -1.29. The number of fused-ring (bicyclic) bond motifs is 1. The van der Waals surface area contributed by atoms with Crippen molar-refractivity contribution in [3.63, 3.8) is 0 Å². The summed E-state index contributed by atoms with van der Waals surface area (Å²) in [5.41, 5.74) is 1.65. The number of para-hydroxylation sites is 1. The fourth-order valence-corrected chi connectivity index (χ4v) is 1.39. The fraction of sp³-hybridized carbons (Fsp3) is 0.300. The molecule has 1 aromatic carbocycles. The van der Waals surface area contributed by atoms with Gasteiger partial charge in [-0.05, 0) is 12.1 Å². The first-order valence-corrected chi connectivity index (χ1v) is 4.69. The summed E-state index contributed by atoms with van der Waals surface area (Å²) < 4.78 is 1.62. The molecule has 15 heavy (non-hydrogen) atoms. The fourth-order valence-electron chi connectivity index (χ4n) is 1.39. The molecule has 0 amide bonds. The van der Waals surface area contributed by atoms with E-state index in [1.54, 1.807) is 11.6 Å².